The molecule has 1 fully saturated rings. The van der Waals surface area contributed by atoms with Crippen molar-refractivity contribution in [2.24, 2.45) is 0 Å². The molecule has 1 saturated heterocycles. The Kier molecular flexibility index (Phi) is 3.52. The molecule has 0 radical (unpaired) electrons. The summed E-state index contributed by atoms with van der Waals surface area (Å²) in [5, 5.41) is 0. The summed E-state index contributed by atoms with van der Waals surface area (Å²) < 4.78 is 5.48. The van der Waals surface area contributed by atoms with E-state index in [0.717, 1.165) is 19.4 Å². The average Bonchev–Trinajstić information content (AvgIpc) is 2.39. The fourth-order valence-corrected chi connectivity index (χ4v) is 2.30. The van der Waals surface area contributed by atoms with Crippen molar-refractivity contribution in [3.8, 4) is 0 Å². The fourth-order valence-electron chi connectivity index (χ4n) is 2.30. The summed E-state index contributed by atoms with van der Waals surface area (Å²) >= 11 is 0. The number of hydrogen-bond acceptors (Lipinski definition) is 4. The SMILES string of the molecule is COC1(C)CCCN(C(=O)c2cnccc2N)C1. The Balaban J connectivity index is 2.17. The minimum Gasteiger partial charge on any atom is -0.398 e. The van der Waals surface area contributed by atoms with Crippen LogP contribution in [0.3, 0.4) is 0 Å². The van der Waals surface area contributed by atoms with Crippen LogP contribution in [0.25, 0.3) is 0 Å². The average molecular weight is 249 g/mol. The third-order valence-corrected chi connectivity index (χ3v) is 3.52. The Bertz CT molecular complexity index is 450. The van der Waals surface area contributed by atoms with Gasteiger partial charge in [-0.15, -0.1) is 0 Å². The molecular weight excluding hydrogens is 230 g/mol. The Morgan fingerprint density at radius 2 is 2.39 bits per heavy atom. The number of carbonyl (C=O) groups is 1. The fraction of sp³-hybridized carbons (Fsp3) is 0.538. The van der Waals surface area contributed by atoms with Crippen LogP contribution >= 0.6 is 0 Å². The van der Waals surface area contributed by atoms with Gasteiger partial charge in [-0.25, -0.2) is 0 Å². The highest BCUT2D eigenvalue weighted by atomic mass is 16.5. The zero-order valence-corrected chi connectivity index (χ0v) is 10.8. The van der Waals surface area contributed by atoms with Gasteiger partial charge in [-0.3, -0.25) is 9.78 Å². The van der Waals surface area contributed by atoms with E-state index in [2.05, 4.69) is 4.98 Å². The van der Waals surface area contributed by atoms with Gasteiger partial charge in [-0.2, -0.15) is 0 Å². The lowest BCUT2D eigenvalue weighted by Gasteiger charge is -2.39. The molecule has 1 aliphatic rings. The van der Waals surface area contributed by atoms with Gasteiger partial charge in [0.05, 0.1) is 11.2 Å². The van der Waals surface area contributed by atoms with Crippen molar-refractivity contribution in [3.05, 3.63) is 24.0 Å². The second-order valence-electron chi connectivity index (χ2n) is 4.95. The number of ether oxygens (including phenoxy) is 1. The number of nitrogens with zero attached hydrogens (tertiary/aromatic N) is 2. The summed E-state index contributed by atoms with van der Waals surface area (Å²) in [5.74, 6) is -0.0661. The lowest BCUT2D eigenvalue weighted by Crippen LogP contribution is -2.49. The largest absolute Gasteiger partial charge is 0.398 e. The Morgan fingerprint density at radius 3 is 3.06 bits per heavy atom. The van der Waals surface area contributed by atoms with E-state index in [1.165, 1.54) is 6.20 Å². The molecular formula is C13H19N3O2. The van der Waals surface area contributed by atoms with Crippen molar-refractivity contribution in [3.63, 3.8) is 0 Å². The molecule has 1 aromatic rings. The normalized spacial score (nSPS) is 24.0. The number of nitrogen functional groups attached to an aromatic ring is 1. The molecule has 1 atom stereocenters. The van der Waals surface area contributed by atoms with E-state index in [0.29, 0.717) is 17.8 Å². The minimum atomic E-state index is -0.259. The van der Waals surface area contributed by atoms with Gasteiger partial charge in [0.25, 0.3) is 5.91 Å². The van der Waals surface area contributed by atoms with Crippen molar-refractivity contribution in [2.75, 3.05) is 25.9 Å². The Morgan fingerprint density at radius 1 is 1.61 bits per heavy atom. The van der Waals surface area contributed by atoms with E-state index in [1.54, 1.807) is 24.3 Å². The van der Waals surface area contributed by atoms with Crippen LogP contribution in [0.15, 0.2) is 18.5 Å². The second kappa shape index (κ2) is 4.94. The lowest BCUT2D eigenvalue weighted by molar-refractivity contribution is -0.0440. The summed E-state index contributed by atoms with van der Waals surface area (Å²) in [6, 6.07) is 1.65. The molecule has 0 saturated carbocycles. The zero-order valence-electron chi connectivity index (χ0n) is 10.8. The standard InChI is InChI=1S/C13H19N3O2/c1-13(18-2)5-3-7-16(9-13)12(17)10-8-15-6-4-11(10)14/h4,6,8H,3,5,7,9H2,1-2H3,(H2,14,15). The molecule has 0 spiro atoms. The first-order valence-corrected chi connectivity index (χ1v) is 6.10. The highest BCUT2D eigenvalue weighted by Crippen LogP contribution is 2.25. The second-order valence-corrected chi connectivity index (χ2v) is 4.95. The molecule has 5 heteroatoms. The number of hydrogen-bond donors (Lipinski definition) is 1. The minimum absolute atomic E-state index is 0.0661. The first kappa shape index (κ1) is 12.8. The molecule has 2 heterocycles. The summed E-state index contributed by atoms with van der Waals surface area (Å²) in [6.07, 6.45) is 5.02. The van der Waals surface area contributed by atoms with E-state index in [1.807, 2.05) is 6.92 Å². The van der Waals surface area contributed by atoms with E-state index < -0.39 is 0 Å². The van der Waals surface area contributed by atoms with Crippen LogP contribution in [0, 0.1) is 0 Å². The zero-order chi connectivity index (χ0) is 13.2. The number of nitrogens with two attached hydrogens (primary N) is 1. The number of rotatable bonds is 2. The van der Waals surface area contributed by atoms with Crippen LogP contribution < -0.4 is 5.73 Å². The van der Waals surface area contributed by atoms with Gasteiger partial charge in [-0.05, 0) is 25.8 Å². The molecule has 0 aromatic carbocycles. The summed E-state index contributed by atoms with van der Waals surface area (Å²) in [4.78, 5) is 18.1. The van der Waals surface area contributed by atoms with Crippen LogP contribution in [0.5, 0.6) is 0 Å². The highest BCUT2D eigenvalue weighted by Gasteiger charge is 2.33. The van der Waals surface area contributed by atoms with Crippen molar-refractivity contribution in [1.82, 2.24) is 9.88 Å². The predicted molar refractivity (Wildman–Crippen MR) is 69.2 cm³/mol. The van der Waals surface area contributed by atoms with Gasteiger partial charge >= 0.3 is 0 Å². The first-order chi connectivity index (χ1) is 8.56. The molecule has 1 aromatic heterocycles. The first-order valence-electron chi connectivity index (χ1n) is 6.10. The van der Waals surface area contributed by atoms with Crippen LogP contribution in [0.4, 0.5) is 5.69 Å². The lowest BCUT2D eigenvalue weighted by atomic mass is 9.94. The van der Waals surface area contributed by atoms with Crippen molar-refractivity contribution >= 4 is 11.6 Å². The molecule has 18 heavy (non-hydrogen) atoms. The number of piperidine rings is 1. The van der Waals surface area contributed by atoms with Crippen molar-refractivity contribution in [2.45, 2.75) is 25.4 Å². The van der Waals surface area contributed by atoms with Crippen LogP contribution in [-0.2, 0) is 4.74 Å². The molecule has 2 rings (SSSR count). The third-order valence-electron chi connectivity index (χ3n) is 3.52. The van der Waals surface area contributed by atoms with E-state index in [9.17, 15) is 4.79 Å². The molecule has 0 bridgehead atoms. The van der Waals surface area contributed by atoms with E-state index >= 15 is 0 Å². The third kappa shape index (κ3) is 2.46. The molecule has 2 N–H and O–H groups in total. The number of amides is 1. The summed E-state index contributed by atoms with van der Waals surface area (Å²) in [5.41, 5.74) is 6.49. The molecule has 0 aliphatic carbocycles. The van der Waals surface area contributed by atoms with Crippen LogP contribution in [0.1, 0.15) is 30.1 Å². The highest BCUT2D eigenvalue weighted by molar-refractivity contribution is 5.98. The van der Waals surface area contributed by atoms with Gasteiger partial charge in [0.2, 0.25) is 0 Å². The molecule has 98 valence electrons. The monoisotopic (exact) mass is 249 g/mol. The van der Waals surface area contributed by atoms with Crippen LogP contribution in [0.2, 0.25) is 0 Å². The molecule has 1 aliphatic heterocycles. The van der Waals surface area contributed by atoms with Gasteiger partial charge in [0.15, 0.2) is 0 Å². The smallest absolute Gasteiger partial charge is 0.257 e. The molecule has 1 amide bonds. The molecule has 1 unspecified atom stereocenters. The van der Waals surface area contributed by atoms with Gasteiger partial charge in [0.1, 0.15) is 0 Å². The maximum Gasteiger partial charge on any atom is 0.257 e. The molecule has 5 nitrogen and oxygen atoms in total. The Labute approximate surface area is 107 Å². The van der Waals surface area contributed by atoms with Crippen LogP contribution in [-0.4, -0.2) is 41.6 Å². The predicted octanol–water partition coefficient (Wildman–Crippen LogP) is 1.30. The summed E-state index contributed by atoms with van der Waals surface area (Å²) in [6.45, 7) is 3.36. The maximum atomic E-state index is 12.4. The number of likely N-dealkylation sites (tertiary alicyclic amines) is 1. The van der Waals surface area contributed by atoms with Gasteiger partial charge in [0, 0.05) is 38.3 Å². The topological polar surface area (TPSA) is 68.5 Å². The Hall–Kier alpha value is -1.62. The number of anilines is 1. The number of pyridine rings is 1. The van der Waals surface area contributed by atoms with Gasteiger partial charge < -0.3 is 15.4 Å². The number of aromatic nitrogens is 1. The maximum absolute atomic E-state index is 12.4. The van der Waals surface area contributed by atoms with Gasteiger partial charge in [-0.1, -0.05) is 0 Å². The van der Waals surface area contributed by atoms with Crippen molar-refractivity contribution in [1.29, 1.82) is 0 Å². The van der Waals surface area contributed by atoms with Crippen molar-refractivity contribution < 1.29 is 9.53 Å². The number of carbonyl (C=O) groups excluding carboxylic acids is 1. The summed E-state index contributed by atoms with van der Waals surface area (Å²) in [7, 11) is 1.69. The van der Waals surface area contributed by atoms with E-state index in [-0.39, 0.29) is 11.5 Å². The quantitative estimate of drug-likeness (QED) is 0.858. The number of methoxy groups -OCH3 is 1. The van der Waals surface area contributed by atoms with E-state index in [4.69, 9.17) is 10.5 Å².